The van der Waals surface area contributed by atoms with Gasteiger partial charge in [0.1, 0.15) is 0 Å². The Balaban J connectivity index is 1.85. The molecule has 0 amide bonds. The van der Waals surface area contributed by atoms with Crippen LogP contribution in [0.3, 0.4) is 0 Å². The quantitative estimate of drug-likeness (QED) is 0.694. The molecule has 2 saturated carbocycles. The zero-order chi connectivity index (χ0) is 17.4. The Morgan fingerprint density at radius 3 is 2.25 bits per heavy atom. The first-order valence-electron chi connectivity index (χ1n) is 9.37. The van der Waals surface area contributed by atoms with Crippen molar-refractivity contribution >= 4 is 17.6 Å². The molecule has 0 spiro atoms. The molecule has 1 aromatic carbocycles. The maximum Gasteiger partial charge on any atom is 0.314 e. The summed E-state index contributed by atoms with van der Waals surface area (Å²) in [4.78, 5) is 12.0. The Labute approximate surface area is 150 Å². The minimum Gasteiger partial charge on any atom is -0.481 e. The normalized spacial score (nSPS) is 23.8. The highest BCUT2D eigenvalue weighted by Crippen LogP contribution is 2.46. The molecule has 2 fully saturated rings. The molecule has 2 aliphatic carbocycles. The van der Waals surface area contributed by atoms with Crippen molar-refractivity contribution in [2.75, 3.05) is 0 Å². The third-order valence-electron chi connectivity index (χ3n) is 6.45. The van der Waals surface area contributed by atoms with E-state index in [0.717, 1.165) is 42.7 Å². The molecule has 0 heterocycles. The van der Waals surface area contributed by atoms with Crippen molar-refractivity contribution in [2.24, 2.45) is 5.41 Å². The summed E-state index contributed by atoms with van der Waals surface area (Å²) in [5, 5.41) is 10.6. The summed E-state index contributed by atoms with van der Waals surface area (Å²) < 4.78 is 0. The van der Waals surface area contributed by atoms with E-state index in [0.29, 0.717) is 11.3 Å². The van der Waals surface area contributed by atoms with Crippen LogP contribution in [0, 0.1) is 5.41 Å². The van der Waals surface area contributed by atoms with Crippen LogP contribution in [0.2, 0.25) is 5.02 Å². The lowest BCUT2D eigenvalue weighted by molar-refractivity contribution is -0.145. The van der Waals surface area contributed by atoms with Crippen molar-refractivity contribution in [1.82, 2.24) is 0 Å². The van der Waals surface area contributed by atoms with E-state index in [2.05, 4.69) is 19.9 Å². The first-order chi connectivity index (χ1) is 11.3. The molecule has 24 heavy (non-hydrogen) atoms. The largest absolute Gasteiger partial charge is 0.481 e. The molecule has 0 bridgehead atoms. The molecule has 1 N–H and O–H groups in total. The summed E-state index contributed by atoms with van der Waals surface area (Å²) in [6, 6.07) is 6.11. The van der Waals surface area contributed by atoms with Crippen molar-refractivity contribution in [3.05, 3.63) is 34.3 Å². The Bertz CT molecular complexity index is 604. The summed E-state index contributed by atoms with van der Waals surface area (Å²) >= 11 is 6.63. The highest BCUT2D eigenvalue weighted by atomic mass is 35.5. The summed E-state index contributed by atoms with van der Waals surface area (Å²) in [5.41, 5.74) is 1.83. The lowest BCUT2D eigenvalue weighted by Gasteiger charge is -2.36. The van der Waals surface area contributed by atoms with E-state index in [1.54, 1.807) is 0 Å². The third kappa shape index (κ3) is 3.35. The molecule has 0 atom stereocenters. The predicted octanol–water partition coefficient (Wildman–Crippen LogP) is 6.31. The van der Waals surface area contributed by atoms with Gasteiger partial charge in [-0.2, -0.15) is 0 Å². The van der Waals surface area contributed by atoms with E-state index in [9.17, 15) is 9.90 Å². The third-order valence-corrected chi connectivity index (χ3v) is 6.78. The van der Waals surface area contributed by atoms with Crippen LogP contribution in [-0.4, -0.2) is 11.1 Å². The Morgan fingerprint density at radius 1 is 1.08 bits per heavy atom. The summed E-state index contributed by atoms with van der Waals surface area (Å²) in [6.07, 6.45) is 9.40. The van der Waals surface area contributed by atoms with Crippen molar-refractivity contribution in [3.63, 3.8) is 0 Å². The molecule has 0 saturated heterocycles. The number of rotatable bonds is 3. The van der Waals surface area contributed by atoms with E-state index >= 15 is 0 Å². The average Bonchev–Trinajstić information content (AvgIpc) is 2.56. The van der Waals surface area contributed by atoms with Gasteiger partial charge in [0.2, 0.25) is 0 Å². The van der Waals surface area contributed by atoms with Crippen molar-refractivity contribution in [1.29, 1.82) is 0 Å². The zero-order valence-corrected chi connectivity index (χ0v) is 15.7. The topological polar surface area (TPSA) is 37.3 Å². The molecule has 3 rings (SSSR count). The molecular formula is C21H29ClO2. The number of carbonyl (C=O) groups is 1. The van der Waals surface area contributed by atoms with Gasteiger partial charge in [0.25, 0.3) is 0 Å². The SMILES string of the molecule is CC1(C)CCC(c2ccc(C3(C(=O)O)CCCCC3)cc2Cl)CC1. The van der Waals surface area contributed by atoms with Gasteiger partial charge >= 0.3 is 5.97 Å². The van der Waals surface area contributed by atoms with Crippen molar-refractivity contribution < 1.29 is 9.90 Å². The maximum atomic E-state index is 12.0. The van der Waals surface area contributed by atoms with Crippen LogP contribution < -0.4 is 0 Å². The first kappa shape index (κ1) is 17.8. The number of benzene rings is 1. The molecule has 0 aliphatic heterocycles. The van der Waals surface area contributed by atoms with Gasteiger partial charge in [-0.05, 0) is 67.1 Å². The smallest absolute Gasteiger partial charge is 0.314 e. The number of carboxylic acid groups (broad SMARTS) is 1. The average molecular weight is 349 g/mol. The van der Waals surface area contributed by atoms with Gasteiger partial charge in [-0.3, -0.25) is 4.79 Å². The van der Waals surface area contributed by atoms with Crippen LogP contribution in [0.25, 0.3) is 0 Å². The second-order valence-corrected chi connectivity index (χ2v) is 9.03. The number of hydrogen-bond donors (Lipinski definition) is 1. The molecule has 3 heteroatoms. The number of hydrogen-bond acceptors (Lipinski definition) is 1. The van der Waals surface area contributed by atoms with E-state index in [1.165, 1.54) is 31.2 Å². The van der Waals surface area contributed by atoms with Crippen LogP contribution in [0.5, 0.6) is 0 Å². The van der Waals surface area contributed by atoms with E-state index in [4.69, 9.17) is 11.6 Å². The molecule has 1 aromatic rings. The minimum absolute atomic E-state index is 0.443. The molecule has 132 valence electrons. The highest BCUT2D eigenvalue weighted by Gasteiger charge is 2.41. The zero-order valence-electron chi connectivity index (χ0n) is 14.9. The Morgan fingerprint density at radius 2 is 1.71 bits per heavy atom. The molecule has 0 unspecified atom stereocenters. The maximum absolute atomic E-state index is 12.0. The first-order valence-corrected chi connectivity index (χ1v) is 9.75. The van der Waals surface area contributed by atoms with Crippen LogP contribution in [0.15, 0.2) is 18.2 Å². The molecular weight excluding hydrogens is 320 g/mol. The lowest BCUT2D eigenvalue weighted by Crippen LogP contribution is -2.37. The van der Waals surface area contributed by atoms with Crippen LogP contribution >= 0.6 is 11.6 Å². The Hall–Kier alpha value is -1.02. The van der Waals surface area contributed by atoms with Gasteiger partial charge in [0.05, 0.1) is 5.41 Å². The van der Waals surface area contributed by atoms with Crippen LogP contribution in [-0.2, 0) is 10.2 Å². The van der Waals surface area contributed by atoms with Gasteiger partial charge in [0.15, 0.2) is 0 Å². The fourth-order valence-corrected chi connectivity index (χ4v) is 4.98. The lowest BCUT2D eigenvalue weighted by atomic mass is 9.68. The summed E-state index contributed by atoms with van der Waals surface area (Å²) in [5.74, 6) is -0.169. The number of aliphatic carboxylic acids is 1. The molecule has 2 nitrogen and oxygen atoms in total. The second kappa shape index (κ2) is 6.71. The monoisotopic (exact) mass is 348 g/mol. The van der Waals surface area contributed by atoms with E-state index in [1.807, 2.05) is 12.1 Å². The molecule has 0 radical (unpaired) electrons. The number of halogens is 1. The van der Waals surface area contributed by atoms with E-state index < -0.39 is 11.4 Å². The van der Waals surface area contributed by atoms with E-state index in [-0.39, 0.29) is 0 Å². The molecule has 0 aromatic heterocycles. The summed E-state index contributed by atoms with van der Waals surface area (Å²) in [6.45, 7) is 4.68. The fraction of sp³-hybridized carbons (Fsp3) is 0.667. The van der Waals surface area contributed by atoms with Crippen LogP contribution in [0.1, 0.15) is 88.7 Å². The Kier molecular flexibility index (Phi) is 4.97. The minimum atomic E-state index is -0.727. The van der Waals surface area contributed by atoms with Gasteiger partial charge in [-0.15, -0.1) is 0 Å². The van der Waals surface area contributed by atoms with Crippen LogP contribution in [0.4, 0.5) is 0 Å². The van der Waals surface area contributed by atoms with Crippen molar-refractivity contribution in [3.8, 4) is 0 Å². The van der Waals surface area contributed by atoms with Gasteiger partial charge in [-0.1, -0.05) is 56.8 Å². The highest BCUT2D eigenvalue weighted by molar-refractivity contribution is 6.31. The fourth-order valence-electron chi connectivity index (χ4n) is 4.65. The molecule has 2 aliphatic rings. The predicted molar refractivity (Wildman–Crippen MR) is 98.8 cm³/mol. The van der Waals surface area contributed by atoms with Crippen molar-refractivity contribution in [2.45, 2.75) is 83.0 Å². The van der Waals surface area contributed by atoms with Gasteiger partial charge < -0.3 is 5.11 Å². The second-order valence-electron chi connectivity index (χ2n) is 8.62. The van der Waals surface area contributed by atoms with Gasteiger partial charge in [-0.25, -0.2) is 0 Å². The number of carboxylic acids is 1. The standard InChI is InChI=1S/C21H29ClO2/c1-20(2)12-8-15(9-13-20)17-7-6-16(14-18(17)22)21(19(23)24)10-4-3-5-11-21/h6-7,14-15H,3-5,8-13H2,1-2H3,(H,23,24). The van der Waals surface area contributed by atoms with Gasteiger partial charge in [0, 0.05) is 5.02 Å². The summed E-state index contributed by atoms with van der Waals surface area (Å²) in [7, 11) is 0.